The van der Waals surface area contributed by atoms with E-state index in [1.807, 2.05) is 4.90 Å². The zero-order valence-electron chi connectivity index (χ0n) is 13.0. The lowest BCUT2D eigenvalue weighted by molar-refractivity contribution is 0.152. The third-order valence-corrected chi connectivity index (χ3v) is 5.58. The van der Waals surface area contributed by atoms with Gasteiger partial charge in [0.05, 0.1) is 6.61 Å². The third kappa shape index (κ3) is 2.72. The average molecular weight is 300 g/mol. The van der Waals surface area contributed by atoms with E-state index in [2.05, 4.69) is 35.6 Å². The number of nitrogens with one attached hydrogen (secondary N) is 1. The number of urea groups is 1. The Labute approximate surface area is 131 Å². The van der Waals surface area contributed by atoms with Crippen LogP contribution in [0.1, 0.15) is 30.7 Å². The number of hydrogen-bond donors (Lipinski definition) is 1. The van der Waals surface area contributed by atoms with Crippen LogP contribution in [0.3, 0.4) is 0 Å². The fraction of sp³-hybridized carbons (Fsp3) is 0.611. The number of carbonyl (C=O) groups excluding carboxylic acids is 1. The van der Waals surface area contributed by atoms with Gasteiger partial charge in [0, 0.05) is 31.7 Å². The number of amides is 2. The molecule has 1 aromatic rings. The molecule has 1 spiro atoms. The molecule has 3 aliphatic rings. The summed E-state index contributed by atoms with van der Waals surface area (Å²) < 4.78 is 5.52. The highest BCUT2D eigenvalue weighted by molar-refractivity contribution is 5.74. The van der Waals surface area contributed by atoms with Crippen LogP contribution in [-0.2, 0) is 4.74 Å². The number of rotatable bonds is 3. The fourth-order valence-corrected chi connectivity index (χ4v) is 3.99. The summed E-state index contributed by atoms with van der Waals surface area (Å²) in [6.45, 7) is 4.23. The summed E-state index contributed by atoms with van der Waals surface area (Å²) in [5, 5.41) is 3.14. The predicted octanol–water partition coefficient (Wildman–Crippen LogP) is 2.61. The Morgan fingerprint density at radius 2 is 2.18 bits per heavy atom. The van der Waals surface area contributed by atoms with Crippen molar-refractivity contribution >= 4 is 6.03 Å². The molecule has 1 N–H and O–H groups in total. The van der Waals surface area contributed by atoms with Gasteiger partial charge in [0.2, 0.25) is 0 Å². The van der Waals surface area contributed by atoms with Gasteiger partial charge < -0.3 is 15.0 Å². The molecular formula is C18H24N2O2. The van der Waals surface area contributed by atoms with E-state index in [0.29, 0.717) is 11.8 Å². The standard InChI is InChI=1S/C18H24N2O2/c21-17(20-8-6-18(12-20)7-9-22-13-18)19-11-15-10-16(15)14-4-2-1-3-5-14/h1-5,15-16H,6-13H2,(H,19,21)/t15-,16-,18+/m0/s1. The summed E-state index contributed by atoms with van der Waals surface area (Å²) in [4.78, 5) is 14.3. The van der Waals surface area contributed by atoms with Gasteiger partial charge in [-0.25, -0.2) is 4.79 Å². The number of carbonyl (C=O) groups is 1. The molecule has 1 aromatic carbocycles. The van der Waals surface area contributed by atoms with E-state index < -0.39 is 0 Å². The quantitative estimate of drug-likeness (QED) is 0.932. The van der Waals surface area contributed by atoms with Crippen LogP contribution in [0.25, 0.3) is 0 Å². The maximum atomic E-state index is 12.3. The second kappa shape index (κ2) is 5.58. The Morgan fingerprint density at radius 3 is 2.95 bits per heavy atom. The topological polar surface area (TPSA) is 41.6 Å². The minimum absolute atomic E-state index is 0.113. The van der Waals surface area contributed by atoms with Crippen molar-refractivity contribution in [2.75, 3.05) is 32.8 Å². The molecule has 0 unspecified atom stereocenters. The average Bonchev–Trinajstić information content (AvgIpc) is 2.99. The molecule has 0 bridgehead atoms. The van der Waals surface area contributed by atoms with Crippen molar-refractivity contribution in [2.24, 2.45) is 11.3 Å². The third-order valence-electron chi connectivity index (χ3n) is 5.58. The molecule has 4 heteroatoms. The fourth-order valence-electron chi connectivity index (χ4n) is 3.99. The zero-order valence-corrected chi connectivity index (χ0v) is 13.0. The molecule has 1 aliphatic carbocycles. The van der Waals surface area contributed by atoms with Crippen LogP contribution in [0.5, 0.6) is 0 Å². The van der Waals surface area contributed by atoms with Crippen molar-refractivity contribution in [3.63, 3.8) is 0 Å². The van der Waals surface area contributed by atoms with Crippen molar-refractivity contribution in [3.8, 4) is 0 Å². The van der Waals surface area contributed by atoms with Crippen molar-refractivity contribution in [1.29, 1.82) is 0 Å². The van der Waals surface area contributed by atoms with Crippen LogP contribution in [0.15, 0.2) is 30.3 Å². The minimum atomic E-state index is 0.113. The SMILES string of the molecule is O=C(NC[C@@H]1C[C@H]1c1ccccc1)N1CC[C@@]2(CCOC2)C1. The number of likely N-dealkylation sites (tertiary alicyclic amines) is 1. The molecule has 3 atom stereocenters. The van der Waals surface area contributed by atoms with E-state index in [4.69, 9.17) is 4.74 Å². The molecule has 1 saturated carbocycles. The van der Waals surface area contributed by atoms with Crippen molar-refractivity contribution in [3.05, 3.63) is 35.9 Å². The lowest BCUT2D eigenvalue weighted by Crippen LogP contribution is -2.40. The molecule has 118 valence electrons. The smallest absolute Gasteiger partial charge is 0.317 e. The summed E-state index contributed by atoms with van der Waals surface area (Å²) in [6, 6.07) is 10.7. The summed E-state index contributed by atoms with van der Waals surface area (Å²) in [6.07, 6.45) is 3.40. The summed E-state index contributed by atoms with van der Waals surface area (Å²) in [5.41, 5.74) is 1.66. The first-order valence-electron chi connectivity index (χ1n) is 8.41. The van der Waals surface area contributed by atoms with E-state index in [9.17, 15) is 4.79 Å². The first-order chi connectivity index (χ1) is 10.8. The van der Waals surface area contributed by atoms with Crippen LogP contribution in [0.2, 0.25) is 0 Å². The Hall–Kier alpha value is -1.55. The van der Waals surface area contributed by atoms with Crippen LogP contribution in [0.4, 0.5) is 4.79 Å². The molecule has 2 heterocycles. The van der Waals surface area contributed by atoms with Gasteiger partial charge in [-0.05, 0) is 36.7 Å². The molecular weight excluding hydrogens is 276 g/mol. The number of ether oxygens (including phenoxy) is 1. The first-order valence-corrected chi connectivity index (χ1v) is 8.41. The summed E-state index contributed by atoms with van der Waals surface area (Å²) >= 11 is 0. The van der Waals surface area contributed by atoms with Gasteiger partial charge in [0.1, 0.15) is 0 Å². The highest BCUT2D eigenvalue weighted by Gasteiger charge is 2.43. The zero-order chi connectivity index (χ0) is 15.0. The summed E-state index contributed by atoms with van der Waals surface area (Å²) in [7, 11) is 0. The van der Waals surface area contributed by atoms with Gasteiger partial charge in [0.25, 0.3) is 0 Å². The molecule has 4 nitrogen and oxygen atoms in total. The lowest BCUT2D eigenvalue weighted by atomic mass is 9.87. The number of benzene rings is 1. The van der Waals surface area contributed by atoms with Crippen LogP contribution in [0, 0.1) is 11.3 Å². The van der Waals surface area contributed by atoms with Crippen molar-refractivity contribution < 1.29 is 9.53 Å². The number of nitrogens with zero attached hydrogens (tertiary/aromatic N) is 1. The predicted molar refractivity (Wildman–Crippen MR) is 84.7 cm³/mol. The van der Waals surface area contributed by atoms with Gasteiger partial charge in [-0.15, -0.1) is 0 Å². The maximum Gasteiger partial charge on any atom is 0.317 e. The molecule has 3 fully saturated rings. The van der Waals surface area contributed by atoms with E-state index >= 15 is 0 Å². The second-order valence-corrected chi connectivity index (χ2v) is 7.17. The molecule has 2 saturated heterocycles. The van der Waals surface area contributed by atoms with Crippen LogP contribution in [-0.4, -0.2) is 43.8 Å². The largest absolute Gasteiger partial charge is 0.381 e. The van der Waals surface area contributed by atoms with E-state index in [0.717, 1.165) is 45.7 Å². The highest BCUT2D eigenvalue weighted by Crippen LogP contribution is 2.46. The van der Waals surface area contributed by atoms with E-state index in [-0.39, 0.29) is 11.4 Å². The van der Waals surface area contributed by atoms with E-state index in [1.54, 1.807) is 0 Å². The first kappa shape index (κ1) is 14.1. The molecule has 22 heavy (non-hydrogen) atoms. The second-order valence-electron chi connectivity index (χ2n) is 7.17. The van der Waals surface area contributed by atoms with Crippen LogP contribution < -0.4 is 5.32 Å². The van der Waals surface area contributed by atoms with Crippen LogP contribution >= 0.6 is 0 Å². The highest BCUT2D eigenvalue weighted by atomic mass is 16.5. The van der Waals surface area contributed by atoms with E-state index in [1.165, 1.54) is 12.0 Å². The number of hydrogen-bond acceptors (Lipinski definition) is 2. The van der Waals surface area contributed by atoms with Gasteiger partial charge in [-0.3, -0.25) is 0 Å². The van der Waals surface area contributed by atoms with Crippen molar-refractivity contribution in [1.82, 2.24) is 10.2 Å². The normalized spacial score (nSPS) is 33.4. The monoisotopic (exact) mass is 300 g/mol. The Kier molecular flexibility index (Phi) is 3.57. The lowest BCUT2D eigenvalue weighted by Gasteiger charge is -2.22. The van der Waals surface area contributed by atoms with Gasteiger partial charge in [-0.1, -0.05) is 30.3 Å². The van der Waals surface area contributed by atoms with Gasteiger partial charge in [-0.2, -0.15) is 0 Å². The molecule has 0 aromatic heterocycles. The minimum Gasteiger partial charge on any atom is -0.381 e. The Bertz CT molecular complexity index is 539. The molecule has 2 amide bonds. The van der Waals surface area contributed by atoms with Gasteiger partial charge >= 0.3 is 6.03 Å². The molecule has 0 radical (unpaired) electrons. The molecule has 2 aliphatic heterocycles. The summed E-state index contributed by atoms with van der Waals surface area (Å²) in [5.74, 6) is 1.24. The van der Waals surface area contributed by atoms with Gasteiger partial charge in [0.15, 0.2) is 0 Å². The van der Waals surface area contributed by atoms with Crippen molar-refractivity contribution in [2.45, 2.75) is 25.2 Å². The molecule has 4 rings (SSSR count). The Morgan fingerprint density at radius 1 is 1.32 bits per heavy atom. The Balaban J connectivity index is 1.24. The maximum absolute atomic E-state index is 12.3.